The Morgan fingerprint density at radius 1 is 0.269 bits per heavy atom. The molecule has 0 rings (SSSR count). The Bertz CT molecular complexity index is 1850. The zero-order chi connectivity index (χ0) is 56.4. The van der Waals surface area contributed by atoms with Gasteiger partial charge in [0.25, 0.3) is 0 Å². The molecule has 0 aliphatic carbocycles. The van der Waals surface area contributed by atoms with Crippen molar-refractivity contribution in [2.24, 2.45) is 0 Å². The molecule has 0 amide bonds. The highest BCUT2D eigenvalue weighted by atomic mass is 16.6. The highest BCUT2D eigenvalue weighted by molar-refractivity contribution is 5.71. The maximum absolute atomic E-state index is 12.9. The lowest BCUT2D eigenvalue weighted by Crippen LogP contribution is -2.30. The fourth-order valence-electron chi connectivity index (χ4n) is 7.58. The number of hydrogen-bond donors (Lipinski definition) is 0. The number of hydrogen-bond acceptors (Lipinski definition) is 6. The Hall–Kier alpha value is -5.49. The summed E-state index contributed by atoms with van der Waals surface area (Å²) in [6, 6.07) is 0. The van der Waals surface area contributed by atoms with Crippen LogP contribution in [0, 0.1) is 0 Å². The van der Waals surface area contributed by atoms with E-state index in [4.69, 9.17) is 14.2 Å². The maximum atomic E-state index is 12.9. The average molecular weight is 1070 g/mol. The standard InChI is InChI=1S/C72H110O6/c1-4-7-10-13-16-19-22-25-28-30-32-33-34-35-36-37-38-39-41-42-44-47-50-53-56-59-62-65-71(74)77-68-69(67-76-70(73)64-61-58-55-52-49-46-27-24-21-18-15-12-9-6-3)78-72(75)66-63-60-57-54-51-48-45-43-40-31-29-26-23-20-17-14-11-8-5-2/h7-8,10-11,15-20,24-29,32-33,35-36,38-40,42-44,48,51,57,60,69H,4-6,9,12-14,21-23,30-31,34,37,41,45-47,49-50,52-56,58-59,61-68H2,1-3H3/b10-7-,11-8-,18-15-,19-16-,20-17-,27-24-,28-25-,29-26-,33-32-,36-35-,39-38-,43-40-,44-42-,51-48-,60-57-. The second-order valence-corrected chi connectivity index (χ2v) is 19.5. The molecule has 0 heterocycles. The number of rotatable bonds is 53. The molecule has 0 fully saturated rings. The van der Waals surface area contributed by atoms with E-state index in [9.17, 15) is 14.4 Å². The summed E-state index contributed by atoms with van der Waals surface area (Å²) in [5.41, 5.74) is 0. The number of carbonyl (C=O) groups excluding carboxylic acids is 3. The summed E-state index contributed by atoms with van der Waals surface area (Å²) in [6.45, 7) is 6.26. The van der Waals surface area contributed by atoms with Crippen molar-refractivity contribution >= 4 is 17.9 Å². The highest BCUT2D eigenvalue weighted by Crippen LogP contribution is 2.12. The summed E-state index contributed by atoms with van der Waals surface area (Å²) in [6.07, 6.45) is 96.1. The molecule has 0 spiro atoms. The number of allylic oxidation sites excluding steroid dienone is 30. The SMILES string of the molecule is CC/C=C\C/C=C\C/C=C\C/C=C\C/C=C\C/C=C\C/C=C\CCCCCCCC(=O)OCC(COC(=O)CCCCCCC/C=C\C/C=C\CCCC)OC(=O)CC/C=C\C/C=C\C/C=C\C/C=C\C/C=C\C/C=C\CC. The van der Waals surface area contributed by atoms with Crippen LogP contribution in [0.2, 0.25) is 0 Å². The van der Waals surface area contributed by atoms with Crippen molar-refractivity contribution in [3.63, 3.8) is 0 Å². The molecule has 0 N–H and O–H groups in total. The summed E-state index contributed by atoms with van der Waals surface area (Å²) in [5.74, 6) is -1.06. The predicted octanol–water partition coefficient (Wildman–Crippen LogP) is 21.3. The number of ether oxygens (including phenoxy) is 3. The molecule has 0 radical (unpaired) electrons. The van der Waals surface area contributed by atoms with Crippen molar-refractivity contribution in [2.75, 3.05) is 13.2 Å². The van der Waals surface area contributed by atoms with Crippen molar-refractivity contribution < 1.29 is 28.6 Å². The Morgan fingerprint density at radius 3 is 0.833 bits per heavy atom. The van der Waals surface area contributed by atoms with E-state index in [-0.39, 0.29) is 31.6 Å². The Labute approximate surface area is 478 Å². The molecule has 78 heavy (non-hydrogen) atoms. The first-order valence-electron chi connectivity index (χ1n) is 30.8. The lowest BCUT2D eigenvalue weighted by molar-refractivity contribution is -0.166. The van der Waals surface area contributed by atoms with Crippen molar-refractivity contribution in [3.8, 4) is 0 Å². The van der Waals surface area contributed by atoms with Gasteiger partial charge in [-0.1, -0.05) is 254 Å². The zero-order valence-electron chi connectivity index (χ0n) is 49.6. The molecule has 0 aromatic carbocycles. The molecule has 6 nitrogen and oxygen atoms in total. The highest BCUT2D eigenvalue weighted by Gasteiger charge is 2.19. The van der Waals surface area contributed by atoms with Gasteiger partial charge in [-0.2, -0.15) is 0 Å². The fraction of sp³-hybridized carbons (Fsp3) is 0.542. The van der Waals surface area contributed by atoms with E-state index in [2.05, 4.69) is 191 Å². The summed E-state index contributed by atoms with van der Waals surface area (Å²) in [4.78, 5) is 38.2. The second kappa shape index (κ2) is 64.0. The summed E-state index contributed by atoms with van der Waals surface area (Å²) >= 11 is 0. The maximum Gasteiger partial charge on any atom is 0.306 e. The van der Waals surface area contributed by atoms with Crippen LogP contribution in [0.1, 0.15) is 233 Å². The van der Waals surface area contributed by atoms with Gasteiger partial charge in [0.05, 0.1) is 0 Å². The van der Waals surface area contributed by atoms with Gasteiger partial charge >= 0.3 is 17.9 Å². The minimum atomic E-state index is -0.844. The number of unbranched alkanes of at least 4 members (excludes halogenated alkanes) is 12. The third-order valence-electron chi connectivity index (χ3n) is 12.1. The fourth-order valence-corrected chi connectivity index (χ4v) is 7.58. The molecule has 0 bridgehead atoms. The summed E-state index contributed by atoms with van der Waals surface area (Å²) < 4.78 is 16.8. The van der Waals surface area contributed by atoms with E-state index in [0.29, 0.717) is 19.3 Å². The van der Waals surface area contributed by atoms with Crippen LogP contribution in [0.4, 0.5) is 0 Å². The lowest BCUT2D eigenvalue weighted by Gasteiger charge is -2.18. The van der Waals surface area contributed by atoms with Crippen LogP contribution >= 0.6 is 0 Å². The van der Waals surface area contributed by atoms with E-state index in [1.54, 1.807) is 0 Å². The monoisotopic (exact) mass is 1070 g/mol. The van der Waals surface area contributed by atoms with E-state index >= 15 is 0 Å². The van der Waals surface area contributed by atoms with Gasteiger partial charge in [0.15, 0.2) is 6.10 Å². The molecule has 6 heteroatoms. The molecule has 0 aliphatic rings. The van der Waals surface area contributed by atoms with Crippen LogP contribution in [-0.2, 0) is 28.6 Å². The predicted molar refractivity (Wildman–Crippen MR) is 338 cm³/mol. The molecule has 0 aliphatic heterocycles. The minimum Gasteiger partial charge on any atom is -0.462 e. The number of esters is 3. The lowest BCUT2D eigenvalue weighted by atomic mass is 10.1. The van der Waals surface area contributed by atoms with Gasteiger partial charge in [0, 0.05) is 19.3 Å². The summed E-state index contributed by atoms with van der Waals surface area (Å²) in [5, 5.41) is 0. The van der Waals surface area contributed by atoms with Crippen LogP contribution < -0.4 is 0 Å². The molecule has 0 aromatic heterocycles. The second-order valence-electron chi connectivity index (χ2n) is 19.5. The van der Waals surface area contributed by atoms with Gasteiger partial charge < -0.3 is 14.2 Å². The summed E-state index contributed by atoms with van der Waals surface area (Å²) in [7, 11) is 0. The third kappa shape index (κ3) is 61.4. The van der Waals surface area contributed by atoms with E-state index in [0.717, 1.165) is 167 Å². The first-order chi connectivity index (χ1) is 38.5. The van der Waals surface area contributed by atoms with Crippen molar-refractivity contribution in [1.29, 1.82) is 0 Å². The average Bonchev–Trinajstić information content (AvgIpc) is 3.44. The molecule has 0 aromatic rings. The van der Waals surface area contributed by atoms with Gasteiger partial charge in [0.2, 0.25) is 0 Å². The molecule has 0 saturated carbocycles. The van der Waals surface area contributed by atoms with Crippen LogP contribution in [-0.4, -0.2) is 37.2 Å². The van der Waals surface area contributed by atoms with Gasteiger partial charge in [-0.3, -0.25) is 14.4 Å². The van der Waals surface area contributed by atoms with Crippen LogP contribution in [0.15, 0.2) is 182 Å². The molecule has 1 unspecified atom stereocenters. The zero-order valence-corrected chi connectivity index (χ0v) is 49.6. The van der Waals surface area contributed by atoms with Gasteiger partial charge in [-0.25, -0.2) is 0 Å². The number of carbonyl (C=O) groups is 3. The van der Waals surface area contributed by atoms with Crippen LogP contribution in [0.5, 0.6) is 0 Å². The minimum absolute atomic E-state index is 0.131. The van der Waals surface area contributed by atoms with Crippen molar-refractivity contribution in [2.45, 2.75) is 239 Å². The van der Waals surface area contributed by atoms with E-state index in [1.165, 1.54) is 19.3 Å². The van der Waals surface area contributed by atoms with Gasteiger partial charge in [0.1, 0.15) is 13.2 Å². The Morgan fingerprint density at radius 2 is 0.526 bits per heavy atom. The Kier molecular flexibility index (Phi) is 59.5. The molecule has 434 valence electrons. The molecular weight excluding hydrogens is 961 g/mol. The quantitative estimate of drug-likeness (QED) is 0.0261. The van der Waals surface area contributed by atoms with Crippen LogP contribution in [0.3, 0.4) is 0 Å². The first-order valence-corrected chi connectivity index (χ1v) is 30.8. The van der Waals surface area contributed by atoms with Crippen LogP contribution in [0.25, 0.3) is 0 Å². The Balaban J connectivity index is 4.54. The van der Waals surface area contributed by atoms with E-state index in [1.807, 2.05) is 12.2 Å². The van der Waals surface area contributed by atoms with Gasteiger partial charge in [-0.05, 0) is 141 Å². The normalized spacial score (nSPS) is 13.4. The topological polar surface area (TPSA) is 78.9 Å². The van der Waals surface area contributed by atoms with Crippen molar-refractivity contribution in [1.82, 2.24) is 0 Å². The third-order valence-corrected chi connectivity index (χ3v) is 12.1. The molecular formula is C72H110O6. The van der Waals surface area contributed by atoms with Gasteiger partial charge in [-0.15, -0.1) is 0 Å². The van der Waals surface area contributed by atoms with E-state index < -0.39 is 12.1 Å². The largest absolute Gasteiger partial charge is 0.462 e. The van der Waals surface area contributed by atoms with Crippen molar-refractivity contribution in [3.05, 3.63) is 182 Å². The smallest absolute Gasteiger partial charge is 0.306 e. The first kappa shape index (κ1) is 72.5. The molecule has 1 atom stereocenters. The molecule has 0 saturated heterocycles.